The van der Waals surface area contributed by atoms with Crippen molar-refractivity contribution >= 4 is 5.97 Å². The van der Waals surface area contributed by atoms with Crippen LogP contribution in [0.4, 0.5) is 4.39 Å². The van der Waals surface area contributed by atoms with Crippen LogP contribution in [0.25, 0.3) is 11.1 Å². The molecule has 0 N–H and O–H groups in total. The minimum absolute atomic E-state index is 0.144. The molecule has 0 unspecified atom stereocenters. The first-order valence-corrected chi connectivity index (χ1v) is 15.3. The molecule has 0 heterocycles. The van der Waals surface area contributed by atoms with E-state index >= 15 is 0 Å². The fourth-order valence-corrected chi connectivity index (χ4v) is 5.37. The van der Waals surface area contributed by atoms with Crippen LogP contribution in [0.1, 0.15) is 122 Å². The first kappa shape index (κ1) is 30.2. The summed E-state index contributed by atoms with van der Waals surface area (Å²) in [6.45, 7) is 5.05. The van der Waals surface area contributed by atoms with Gasteiger partial charge in [0.15, 0.2) is 6.17 Å². The zero-order chi connectivity index (χ0) is 27.0. The molecule has 3 rings (SSSR count). The molecule has 1 aliphatic carbocycles. The molecule has 38 heavy (non-hydrogen) atoms. The lowest BCUT2D eigenvalue weighted by molar-refractivity contribution is -0.157. The second-order valence-electron chi connectivity index (χ2n) is 11.0. The van der Waals surface area contributed by atoms with Gasteiger partial charge in [-0.3, -0.25) is 0 Å². The van der Waals surface area contributed by atoms with Crippen LogP contribution in [0.5, 0.6) is 5.75 Å². The standard InChI is InChI=1S/C34H49FO3/c1-3-5-7-8-9-10-11-12-26-37-31-22-18-29(19-23-31)27-14-16-28(17-15-27)30-20-24-32(25-21-30)38-34(36)33(35)13-6-4-2/h14-19,22-23,30,32-33H,3-13,20-21,24-26H2,1-2H3/t30-,32-,33-/m0/s1. The van der Waals surface area contributed by atoms with E-state index in [1.807, 2.05) is 6.92 Å². The number of carbonyl (C=O) groups excluding carboxylic acids is 1. The monoisotopic (exact) mass is 524 g/mol. The number of hydrogen-bond acceptors (Lipinski definition) is 3. The maximum Gasteiger partial charge on any atom is 0.340 e. The average Bonchev–Trinajstić information content (AvgIpc) is 2.96. The summed E-state index contributed by atoms with van der Waals surface area (Å²) < 4.78 is 25.3. The molecule has 1 aliphatic rings. The van der Waals surface area contributed by atoms with Gasteiger partial charge < -0.3 is 9.47 Å². The van der Waals surface area contributed by atoms with Gasteiger partial charge in [-0.15, -0.1) is 0 Å². The highest BCUT2D eigenvalue weighted by Gasteiger charge is 2.27. The summed E-state index contributed by atoms with van der Waals surface area (Å²) in [7, 11) is 0. The molecule has 0 bridgehead atoms. The van der Waals surface area contributed by atoms with Crippen molar-refractivity contribution in [3.8, 4) is 16.9 Å². The normalized spacial score (nSPS) is 18.2. The average molecular weight is 525 g/mol. The van der Waals surface area contributed by atoms with E-state index in [-0.39, 0.29) is 12.5 Å². The third-order valence-corrected chi connectivity index (χ3v) is 7.86. The topological polar surface area (TPSA) is 35.5 Å². The number of unbranched alkanes of at least 4 members (excludes halogenated alkanes) is 8. The Kier molecular flexibility index (Phi) is 13.7. The fraction of sp³-hybridized carbons (Fsp3) is 0.618. The Labute approximate surface area is 230 Å². The van der Waals surface area contributed by atoms with Crippen molar-refractivity contribution in [2.24, 2.45) is 0 Å². The van der Waals surface area contributed by atoms with Crippen LogP contribution in [0.2, 0.25) is 0 Å². The summed E-state index contributed by atoms with van der Waals surface area (Å²) in [5.41, 5.74) is 3.72. The highest BCUT2D eigenvalue weighted by molar-refractivity contribution is 5.74. The lowest BCUT2D eigenvalue weighted by Gasteiger charge is -2.29. The maximum atomic E-state index is 13.9. The van der Waals surface area contributed by atoms with Crippen molar-refractivity contribution < 1.29 is 18.7 Å². The number of rotatable bonds is 17. The van der Waals surface area contributed by atoms with Gasteiger partial charge in [-0.1, -0.05) is 108 Å². The minimum atomic E-state index is -1.48. The van der Waals surface area contributed by atoms with Crippen molar-refractivity contribution in [3.05, 3.63) is 54.1 Å². The van der Waals surface area contributed by atoms with Gasteiger partial charge in [-0.25, -0.2) is 9.18 Å². The van der Waals surface area contributed by atoms with E-state index in [1.165, 1.54) is 61.6 Å². The van der Waals surface area contributed by atoms with Crippen LogP contribution in [0.15, 0.2) is 48.5 Å². The number of ether oxygens (including phenoxy) is 2. The zero-order valence-electron chi connectivity index (χ0n) is 23.8. The third kappa shape index (κ3) is 10.4. The number of hydrogen-bond donors (Lipinski definition) is 0. The molecule has 3 nitrogen and oxygen atoms in total. The Balaban J connectivity index is 1.36. The van der Waals surface area contributed by atoms with E-state index in [1.54, 1.807) is 0 Å². The molecule has 0 radical (unpaired) electrons. The second-order valence-corrected chi connectivity index (χ2v) is 11.0. The minimum Gasteiger partial charge on any atom is -0.494 e. The number of benzene rings is 2. The first-order valence-electron chi connectivity index (χ1n) is 15.3. The molecule has 1 saturated carbocycles. The molecular weight excluding hydrogens is 475 g/mol. The van der Waals surface area contributed by atoms with Gasteiger partial charge in [0.2, 0.25) is 0 Å². The fourth-order valence-electron chi connectivity index (χ4n) is 5.37. The number of esters is 1. The maximum absolute atomic E-state index is 13.9. The molecule has 2 aromatic rings. The lowest BCUT2D eigenvalue weighted by Crippen LogP contribution is -2.28. The molecule has 4 heteroatoms. The van der Waals surface area contributed by atoms with Crippen molar-refractivity contribution in [2.45, 2.75) is 128 Å². The van der Waals surface area contributed by atoms with Crippen LogP contribution in [0, 0.1) is 0 Å². The molecule has 0 spiro atoms. The molecule has 0 aliphatic heterocycles. The quantitative estimate of drug-likeness (QED) is 0.153. The predicted octanol–water partition coefficient (Wildman–Crippen LogP) is 9.97. The van der Waals surface area contributed by atoms with E-state index in [9.17, 15) is 9.18 Å². The van der Waals surface area contributed by atoms with E-state index in [0.717, 1.165) is 57.3 Å². The van der Waals surface area contributed by atoms with Gasteiger partial charge in [-0.05, 0) is 73.3 Å². The molecule has 210 valence electrons. The largest absolute Gasteiger partial charge is 0.494 e. The summed E-state index contributed by atoms with van der Waals surface area (Å²) in [4.78, 5) is 12.0. The summed E-state index contributed by atoms with van der Waals surface area (Å²) in [6.07, 6.45) is 14.3. The molecule has 0 aromatic heterocycles. The summed E-state index contributed by atoms with van der Waals surface area (Å²) >= 11 is 0. The van der Waals surface area contributed by atoms with Crippen LogP contribution >= 0.6 is 0 Å². The van der Waals surface area contributed by atoms with E-state index in [4.69, 9.17) is 9.47 Å². The highest BCUT2D eigenvalue weighted by Crippen LogP contribution is 2.35. The van der Waals surface area contributed by atoms with Gasteiger partial charge in [0, 0.05) is 0 Å². The van der Waals surface area contributed by atoms with Crippen LogP contribution in [0.3, 0.4) is 0 Å². The van der Waals surface area contributed by atoms with Crippen LogP contribution < -0.4 is 4.74 Å². The Morgan fingerprint density at radius 3 is 1.92 bits per heavy atom. The Morgan fingerprint density at radius 2 is 1.32 bits per heavy atom. The Hall–Kier alpha value is -2.36. The van der Waals surface area contributed by atoms with Crippen molar-refractivity contribution in [2.75, 3.05) is 6.61 Å². The van der Waals surface area contributed by atoms with Crippen LogP contribution in [-0.4, -0.2) is 24.9 Å². The highest BCUT2D eigenvalue weighted by atomic mass is 19.1. The third-order valence-electron chi connectivity index (χ3n) is 7.86. The van der Waals surface area contributed by atoms with Gasteiger partial charge in [0.1, 0.15) is 11.9 Å². The first-order chi connectivity index (χ1) is 18.6. The Bertz CT molecular complexity index is 900. The smallest absolute Gasteiger partial charge is 0.340 e. The van der Waals surface area contributed by atoms with Gasteiger partial charge >= 0.3 is 5.97 Å². The van der Waals surface area contributed by atoms with Crippen molar-refractivity contribution in [1.29, 1.82) is 0 Å². The number of alkyl halides is 1. The second kappa shape index (κ2) is 17.3. The van der Waals surface area contributed by atoms with Gasteiger partial charge in [-0.2, -0.15) is 0 Å². The molecule has 1 fully saturated rings. The number of carbonyl (C=O) groups is 1. The molecule has 0 amide bonds. The van der Waals surface area contributed by atoms with Gasteiger partial charge in [0.05, 0.1) is 6.61 Å². The van der Waals surface area contributed by atoms with Crippen molar-refractivity contribution in [3.63, 3.8) is 0 Å². The summed E-state index contributed by atoms with van der Waals surface area (Å²) in [6, 6.07) is 17.2. The molecule has 0 saturated heterocycles. The van der Waals surface area contributed by atoms with Gasteiger partial charge in [0.25, 0.3) is 0 Å². The summed E-state index contributed by atoms with van der Waals surface area (Å²) in [5.74, 6) is 0.735. The summed E-state index contributed by atoms with van der Waals surface area (Å²) in [5, 5.41) is 0. The molecule has 1 atom stereocenters. The molecular formula is C34H49FO3. The molecule has 2 aromatic carbocycles. The van der Waals surface area contributed by atoms with Crippen molar-refractivity contribution in [1.82, 2.24) is 0 Å². The van der Waals surface area contributed by atoms with E-state index in [0.29, 0.717) is 5.92 Å². The zero-order valence-corrected chi connectivity index (χ0v) is 23.8. The predicted molar refractivity (Wildman–Crippen MR) is 155 cm³/mol. The van der Waals surface area contributed by atoms with E-state index < -0.39 is 12.1 Å². The van der Waals surface area contributed by atoms with Crippen LogP contribution in [-0.2, 0) is 9.53 Å². The lowest BCUT2D eigenvalue weighted by atomic mass is 9.82. The number of halogens is 1. The van der Waals surface area contributed by atoms with E-state index in [2.05, 4.69) is 55.5 Å². The Morgan fingerprint density at radius 1 is 0.763 bits per heavy atom. The SMILES string of the molecule is CCCCCCCCCCOc1ccc(-c2ccc([C@H]3CC[C@H](OC(=O)[C@@H](F)CCCC)CC3)cc2)cc1.